The van der Waals surface area contributed by atoms with Gasteiger partial charge in [-0.05, 0) is 44.0 Å². The Morgan fingerprint density at radius 1 is 1.14 bits per heavy atom. The Morgan fingerprint density at radius 3 is 2.69 bits per heavy atom. The second-order valence-corrected chi connectivity index (χ2v) is 7.13. The van der Waals surface area contributed by atoms with Crippen LogP contribution < -0.4 is 10.2 Å². The summed E-state index contributed by atoms with van der Waals surface area (Å²) in [6, 6.07) is 10.8. The molecule has 4 rings (SSSR count). The van der Waals surface area contributed by atoms with E-state index in [4.69, 9.17) is 0 Å². The van der Waals surface area contributed by atoms with Crippen LogP contribution in [0.1, 0.15) is 30.1 Å². The van der Waals surface area contributed by atoms with Crippen LogP contribution in [-0.4, -0.2) is 44.5 Å². The lowest BCUT2D eigenvalue weighted by Crippen LogP contribution is -2.41. The third kappa shape index (κ3) is 4.31. The molecule has 1 aliphatic rings. The predicted molar refractivity (Wildman–Crippen MR) is 109 cm³/mol. The summed E-state index contributed by atoms with van der Waals surface area (Å²) >= 11 is 0. The van der Waals surface area contributed by atoms with Crippen molar-refractivity contribution in [3.63, 3.8) is 0 Å². The van der Waals surface area contributed by atoms with E-state index in [1.54, 1.807) is 41.4 Å². The molecule has 3 heterocycles. The number of carbonyl (C=O) groups is 2. The Hall–Kier alpha value is -3.55. The summed E-state index contributed by atoms with van der Waals surface area (Å²) in [5, 5.41) is 11.5. The van der Waals surface area contributed by atoms with E-state index in [2.05, 4.69) is 25.4 Å². The van der Waals surface area contributed by atoms with Crippen molar-refractivity contribution in [3.05, 3.63) is 60.7 Å². The van der Waals surface area contributed by atoms with Crippen LogP contribution in [0.15, 0.2) is 55.1 Å². The van der Waals surface area contributed by atoms with E-state index in [1.807, 2.05) is 18.3 Å². The summed E-state index contributed by atoms with van der Waals surface area (Å²) in [5.41, 5.74) is 1.23. The zero-order chi connectivity index (χ0) is 20.2. The van der Waals surface area contributed by atoms with Crippen molar-refractivity contribution in [1.82, 2.24) is 19.7 Å². The van der Waals surface area contributed by atoms with E-state index in [-0.39, 0.29) is 17.6 Å². The van der Waals surface area contributed by atoms with Crippen LogP contribution in [0.4, 0.5) is 11.5 Å². The Balaban J connectivity index is 1.42. The molecule has 1 aliphatic heterocycles. The molecule has 0 radical (unpaired) electrons. The maximum Gasteiger partial charge on any atom is 0.229 e. The highest BCUT2D eigenvalue weighted by Crippen LogP contribution is 2.23. The Bertz CT molecular complexity index is 1000. The van der Waals surface area contributed by atoms with Crippen molar-refractivity contribution in [1.29, 1.82) is 0 Å². The van der Waals surface area contributed by atoms with E-state index in [9.17, 15) is 9.59 Å². The summed E-state index contributed by atoms with van der Waals surface area (Å²) in [7, 11) is 0. The number of Topliss-reactive ketones (excluding diaryl/α,β-unsaturated/α-hetero) is 1. The molecule has 0 saturated carbocycles. The Morgan fingerprint density at radius 2 is 1.97 bits per heavy atom. The van der Waals surface area contributed by atoms with Crippen LogP contribution in [0, 0.1) is 5.92 Å². The fraction of sp³-hybridized carbons (Fsp3) is 0.286. The van der Waals surface area contributed by atoms with Gasteiger partial charge in [0.15, 0.2) is 17.4 Å². The molecule has 1 saturated heterocycles. The number of carbonyl (C=O) groups excluding carboxylic acids is 2. The van der Waals surface area contributed by atoms with Gasteiger partial charge in [-0.3, -0.25) is 14.2 Å². The highest BCUT2D eigenvalue weighted by atomic mass is 16.2. The Labute approximate surface area is 168 Å². The largest absolute Gasteiger partial charge is 0.354 e. The summed E-state index contributed by atoms with van der Waals surface area (Å²) < 4.78 is 1.79. The number of aromatic nitrogens is 4. The van der Waals surface area contributed by atoms with E-state index >= 15 is 0 Å². The minimum absolute atomic E-state index is 0.0253. The minimum atomic E-state index is -0.153. The number of piperidine rings is 1. The molecule has 0 unspecified atom stereocenters. The zero-order valence-electron chi connectivity index (χ0n) is 16.2. The quantitative estimate of drug-likeness (QED) is 0.674. The number of nitrogens with one attached hydrogen (secondary N) is 1. The number of amides is 1. The van der Waals surface area contributed by atoms with Gasteiger partial charge in [0.1, 0.15) is 6.33 Å². The first-order chi connectivity index (χ1) is 14.1. The maximum atomic E-state index is 12.8. The predicted octanol–water partition coefficient (Wildman–Crippen LogP) is 2.72. The number of nitrogens with zero attached hydrogens (tertiary/aromatic N) is 5. The number of hydrogen-bond donors (Lipinski definition) is 1. The number of ketones is 1. The zero-order valence-corrected chi connectivity index (χ0v) is 16.2. The number of benzene rings is 1. The van der Waals surface area contributed by atoms with Crippen molar-refractivity contribution in [2.24, 2.45) is 5.92 Å². The van der Waals surface area contributed by atoms with Crippen molar-refractivity contribution in [2.75, 3.05) is 23.3 Å². The van der Waals surface area contributed by atoms with Crippen molar-refractivity contribution in [3.8, 4) is 5.82 Å². The minimum Gasteiger partial charge on any atom is -0.354 e. The molecular formula is C21H22N6O2. The van der Waals surface area contributed by atoms with Crippen LogP contribution in [-0.2, 0) is 4.79 Å². The smallest absolute Gasteiger partial charge is 0.229 e. The van der Waals surface area contributed by atoms with Crippen LogP contribution in [0.25, 0.3) is 5.82 Å². The van der Waals surface area contributed by atoms with Crippen molar-refractivity contribution >= 4 is 23.2 Å². The molecule has 1 atom stereocenters. The summed E-state index contributed by atoms with van der Waals surface area (Å²) in [5.74, 6) is 1.23. The van der Waals surface area contributed by atoms with Crippen LogP contribution in [0.2, 0.25) is 0 Å². The number of imidazole rings is 1. The van der Waals surface area contributed by atoms with Gasteiger partial charge in [-0.2, -0.15) is 0 Å². The highest BCUT2D eigenvalue weighted by molar-refractivity contribution is 5.97. The highest BCUT2D eigenvalue weighted by Gasteiger charge is 2.27. The first kappa shape index (κ1) is 18.8. The third-order valence-corrected chi connectivity index (χ3v) is 5.06. The molecule has 3 aromatic rings. The number of rotatable bonds is 5. The van der Waals surface area contributed by atoms with Gasteiger partial charge < -0.3 is 10.2 Å². The fourth-order valence-electron chi connectivity index (χ4n) is 3.48. The molecule has 8 nitrogen and oxygen atoms in total. The maximum absolute atomic E-state index is 12.8. The average molecular weight is 390 g/mol. The molecular weight excluding hydrogens is 368 g/mol. The molecule has 1 amide bonds. The molecule has 2 aromatic heterocycles. The average Bonchev–Trinajstić information content (AvgIpc) is 3.29. The van der Waals surface area contributed by atoms with Gasteiger partial charge in [0.2, 0.25) is 5.91 Å². The fourth-order valence-corrected chi connectivity index (χ4v) is 3.48. The first-order valence-corrected chi connectivity index (χ1v) is 9.59. The number of hydrogen-bond acceptors (Lipinski definition) is 6. The molecule has 29 heavy (non-hydrogen) atoms. The van der Waals surface area contributed by atoms with Crippen LogP contribution in [0.5, 0.6) is 0 Å². The van der Waals surface area contributed by atoms with Gasteiger partial charge in [-0.15, -0.1) is 10.2 Å². The summed E-state index contributed by atoms with van der Waals surface area (Å²) in [6.45, 7) is 2.93. The van der Waals surface area contributed by atoms with Gasteiger partial charge in [0.25, 0.3) is 0 Å². The third-order valence-electron chi connectivity index (χ3n) is 5.06. The normalized spacial score (nSPS) is 16.4. The Kier molecular flexibility index (Phi) is 5.33. The topological polar surface area (TPSA) is 93.0 Å². The van der Waals surface area contributed by atoms with Gasteiger partial charge in [-0.25, -0.2) is 4.98 Å². The van der Waals surface area contributed by atoms with E-state index < -0.39 is 0 Å². The van der Waals surface area contributed by atoms with E-state index in [1.165, 1.54) is 6.92 Å². The SMILES string of the molecule is CC(=O)c1cccc(NC(=O)[C@H]2CCCN(c3ccc(-n4ccnc4)nn3)C2)c1. The lowest BCUT2D eigenvalue weighted by Gasteiger charge is -2.32. The summed E-state index contributed by atoms with van der Waals surface area (Å²) in [6.07, 6.45) is 6.89. The van der Waals surface area contributed by atoms with E-state index in [0.29, 0.717) is 23.6 Å². The molecule has 1 N–H and O–H groups in total. The molecule has 0 aliphatic carbocycles. The van der Waals surface area contributed by atoms with Gasteiger partial charge in [0.05, 0.1) is 5.92 Å². The molecule has 8 heteroatoms. The molecule has 0 spiro atoms. The lowest BCUT2D eigenvalue weighted by molar-refractivity contribution is -0.120. The number of anilines is 2. The molecule has 0 bridgehead atoms. The standard InChI is InChI=1S/C21H22N6O2/c1-15(28)16-4-2-6-18(12-16)23-21(29)17-5-3-10-26(13-17)19-7-8-20(25-24-19)27-11-9-22-14-27/h2,4,6-9,11-12,14,17H,3,5,10,13H2,1H3,(H,23,29)/t17-/m0/s1. The van der Waals surface area contributed by atoms with E-state index in [0.717, 1.165) is 25.2 Å². The van der Waals surface area contributed by atoms with Crippen LogP contribution >= 0.6 is 0 Å². The van der Waals surface area contributed by atoms with Crippen molar-refractivity contribution < 1.29 is 9.59 Å². The van der Waals surface area contributed by atoms with Gasteiger partial charge in [-0.1, -0.05) is 12.1 Å². The van der Waals surface area contributed by atoms with Gasteiger partial charge >= 0.3 is 0 Å². The summed E-state index contributed by atoms with van der Waals surface area (Å²) in [4.78, 5) is 30.4. The first-order valence-electron chi connectivity index (χ1n) is 9.59. The molecule has 148 valence electrons. The van der Waals surface area contributed by atoms with Crippen molar-refractivity contribution in [2.45, 2.75) is 19.8 Å². The van der Waals surface area contributed by atoms with Crippen LogP contribution in [0.3, 0.4) is 0 Å². The van der Waals surface area contributed by atoms with Gasteiger partial charge in [0, 0.05) is 36.7 Å². The lowest BCUT2D eigenvalue weighted by atomic mass is 9.97. The molecule has 1 aromatic carbocycles. The monoisotopic (exact) mass is 390 g/mol. The second-order valence-electron chi connectivity index (χ2n) is 7.13. The second kappa shape index (κ2) is 8.22. The molecule has 1 fully saturated rings.